The fraction of sp³-hybridized carbons (Fsp3) is 0.361. The molecule has 0 radical (unpaired) electrons. The van der Waals surface area contributed by atoms with Crippen LogP contribution >= 0.6 is 0 Å². The topological polar surface area (TPSA) is 164 Å². The highest BCUT2D eigenvalue weighted by atomic mass is 19.1. The summed E-state index contributed by atoms with van der Waals surface area (Å²) in [5, 5.41) is 17.4. The van der Waals surface area contributed by atoms with Crippen molar-refractivity contribution in [2.24, 2.45) is 0 Å². The molecule has 2 fully saturated rings. The number of carbonyl (C=O) groups is 2. The highest BCUT2D eigenvalue weighted by molar-refractivity contribution is 6.09. The summed E-state index contributed by atoms with van der Waals surface area (Å²) in [6.07, 6.45) is 3.05. The Morgan fingerprint density at radius 3 is 2.51 bits per heavy atom. The van der Waals surface area contributed by atoms with E-state index in [9.17, 15) is 9.90 Å². The van der Waals surface area contributed by atoms with Crippen molar-refractivity contribution in [1.82, 2.24) is 19.9 Å². The number of amides is 1. The zero-order valence-corrected chi connectivity index (χ0v) is 27.1. The summed E-state index contributed by atoms with van der Waals surface area (Å²) in [6.45, 7) is 4.58. The molecule has 0 atom stereocenters. The number of halogens is 1. The van der Waals surface area contributed by atoms with Crippen LogP contribution in [0.1, 0.15) is 57.2 Å². The zero-order chi connectivity index (χ0) is 34.3. The van der Waals surface area contributed by atoms with E-state index in [2.05, 4.69) is 14.9 Å². The maximum absolute atomic E-state index is 15.3. The van der Waals surface area contributed by atoms with Crippen molar-refractivity contribution < 1.29 is 33.7 Å². The molecule has 1 saturated heterocycles. The number of anilines is 2. The van der Waals surface area contributed by atoms with E-state index in [1.165, 1.54) is 11.0 Å². The number of carbonyl (C=O) groups excluding carboxylic acids is 1. The minimum atomic E-state index is -0.488. The van der Waals surface area contributed by atoms with Crippen LogP contribution in [0.2, 0.25) is 0 Å². The molecule has 0 unspecified atom stereocenters. The van der Waals surface area contributed by atoms with Crippen molar-refractivity contribution in [3.05, 3.63) is 94.1 Å². The largest absolute Gasteiger partial charge is 0.492 e. The molecular formula is C36H39FN6O6. The Balaban J connectivity index is 0.00000134. The Morgan fingerprint density at radius 1 is 1.04 bits per heavy atom. The zero-order valence-electron chi connectivity index (χ0n) is 27.1. The molecule has 0 bridgehead atoms. The molecule has 7 rings (SSSR count). The summed E-state index contributed by atoms with van der Waals surface area (Å²) in [4.78, 5) is 39.3. The first-order valence-electron chi connectivity index (χ1n) is 16.4. The number of aromatic nitrogens is 3. The number of morpholine rings is 1. The van der Waals surface area contributed by atoms with Gasteiger partial charge in [-0.25, -0.2) is 9.37 Å². The van der Waals surface area contributed by atoms with Crippen LogP contribution < -0.4 is 15.4 Å². The third-order valence-corrected chi connectivity index (χ3v) is 8.91. The Kier molecular flexibility index (Phi) is 10.7. The summed E-state index contributed by atoms with van der Waals surface area (Å²) in [5.41, 5.74) is 10.4. The highest BCUT2D eigenvalue weighted by Crippen LogP contribution is 2.42. The number of ether oxygens (including phenoxy) is 2. The van der Waals surface area contributed by atoms with Gasteiger partial charge in [-0.05, 0) is 66.1 Å². The number of benzene rings is 3. The van der Waals surface area contributed by atoms with Crippen molar-refractivity contribution in [1.29, 1.82) is 0 Å². The molecule has 256 valence electrons. The average molecular weight is 671 g/mol. The predicted octanol–water partition coefficient (Wildman–Crippen LogP) is 3.84. The Morgan fingerprint density at radius 2 is 1.80 bits per heavy atom. The second-order valence-corrected chi connectivity index (χ2v) is 12.1. The smallest absolute Gasteiger partial charge is 0.290 e. The number of nitrogens with two attached hydrogens (primary N) is 1. The van der Waals surface area contributed by atoms with Gasteiger partial charge in [-0.3, -0.25) is 14.5 Å². The SMILES string of the molecule is Nc1nc(Cc2ccc(OCCN3CCOCC3)cc2)nc(-c2cccc(N3CCc4cc(C5CC5)cc(F)c4C3=O)c2CO)n1.O=CO. The van der Waals surface area contributed by atoms with Crippen molar-refractivity contribution in [3.63, 3.8) is 0 Å². The van der Waals surface area contributed by atoms with Gasteiger partial charge in [0.1, 0.15) is 24.0 Å². The van der Waals surface area contributed by atoms with Gasteiger partial charge < -0.3 is 30.3 Å². The van der Waals surface area contributed by atoms with Gasteiger partial charge in [-0.2, -0.15) is 9.97 Å². The molecule has 3 aromatic carbocycles. The van der Waals surface area contributed by atoms with Crippen molar-refractivity contribution in [3.8, 4) is 17.1 Å². The van der Waals surface area contributed by atoms with E-state index in [4.69, 9.17) is 30.1 Å². The number of hydrogen-bond donors (Lipinski definition) is 3. The van der Waals surface area contributed by atoms with Gasteiger partial charge in [0.05, 0.1) is 31.1 Å². The lowest BCUT2D eigenvalue weighted by molar-refractivity contribution is -0.122. The van der Waals surface area contributed by atoms with E-state index < -0.39 is 11.7 Å². The molecule has 3 heterocycles. The van der Waals surface area contributed by atoms with Crippen LogP contribution in [-0.2, 0) is 29.0 Å². The van der Waals surface area contributed by atoms with Crippen molar-refractivity contribution in [2.75, 3.05) is 56.6 Å². The fourth-order valence-electron chi connectivity index (χ4n) is 6.32. The average Bonchev–Trinajstić information content (AvgIpc) is 3.95. The standard InChI is InChI=1S/C35H37FN6O4.CH2O2/c36-29-20-25(23-6-7-23)19-24-10-11-42(34(44)32(24)29)30-3-1-2-27(28(30)21-43)33-38-31(39-35(37)40-33)18-22-4-8-26(9-5-22)46-17-14-41-12-15-45-16-13-41;2-1-3/h1-5,8-9,19-20,23,43H,6-7,10-18,21H2,(H2,37,38,39,40);1H,(H,2,3). The van der Waals surface area contributed by atoms with E-state index >= 15 is 4.39 Å². The Labute approximate surface area is 283 Å². The summed E-state index contributed by atoms with van der Waals surface area (Å²) >= 11 is 0. The van der Waals surface area contributed by atoms with Crippen LogP contribution in [0.5, 0.6) is 5.75 Å². The minimum absolute atomic E-state index is 0.0499. The summed E-state index contributed by atoms with van der Waals surface area (Å²) in [6, 6.07) is 16.6. The maximum Gasteiger partial charge on any atom is 0.290 e. The van der Waals surface area contributed by atoms with E-state index in [1.807, 2.05) is 30.3 Å². The predicted molar refractivity (Wildman–Crippen MR) is 180 cm³/mol. The lowest BCUT2D eigenvalue weighted by Gasteiger charge is -2.31. The number of carboxylic acid groups (broad SMARTS) is 1. The first-order valence-corrected chi connectivity index (χ1v) is 16.4. The molecular weight excluding hydrogens is 631 g/mol. The highest BCUT2D eigenvalue weighted by Gasteiger charge is 2.33. The van der Waals surface area contributed by atoms with E-state index in [0.717, 1.165) is 68.1 Å². The molecule has 1 saturated carbocycles. The summed E-state index contributed by atoms with van der Waals surface area (Å²) < 4.78 is 26.6. The van der Waals surface area contributed by atoms with Gasteiger partial charge in [0.15, 0.2) is 5.82 Å². The van der Waals surface area contributed by atoms with Crippen LogP contribution in [0.4, 0.5) is 16.0 Å². The first kappa shape index (κ1) is 33.9. The third-order valence-electron chi connectivity index (χ3n) is 8.91. The van der Waals surface area contributed by atoms with Gasteiger partial charge in [-0.15, -0.1) is 0 Å². The molecule has 4 N–H and O–H groups in total. The third kappa shape index (κ3) is 8.02. The number of hydrogen-bond acceptors (Lipinski definition) is 10. The lowest BCUT2D eigenvalue weighted by atomic mass is 9.93. The van der Waals surface area contributed by atoms with Crippen LogP contribution in [0, 0.1) is 5.82 Å². The molecule has 49 heavy (non-hydrogen) atoms. The van der Waals surface area contributed by atoms with Crippen molar-refractivity contribution in [2.45, 2.75) is 38.2 Å². The van der Waals surface area contributed by atoms with E-state index in [1.54, 1.807) is 18.2 Å². The van der Waals surface area contributed by atoms with Gasteiger partial charge in [0, 0.05) is 43.7 Å². The second-order valence-electron chi connectivity index (χ2n) is 12.1. The number of fused-ring (bicyclic) bond motifs is 1. The normalized spacial score (nSPS) is 16.0. The molecule has 2 aliphatic heterocycles. The monoisotopic (exact) mass is 670 g/mol. The summed E-state index contributed by atoms with van der Waals surface area (Å²) in [5.74, 6) is 1.09. The van der Waals surface area contributed by atoms with E-state index in [-0.39, 0.29) is 24.6 Å². The molecule has 3 aliphatic rings. The maximum atomic E-state index is 15.3. The van der Waals surface area contributed by atoms with E-state index in [0.29, 0.717) is 60.4 Å². The van der Waals surface area contributed by atoms with Gasteiger partial charge in [0.2, 0.25) is 5.95 Å². The molecule has 4 aromatic rings. The molecule has 13 heteroatoms. The van der Waals surface area contributed by atoms with Crippen molar-refractivity contribution >= 4 is 24.0 Å². The number of aliphatic hydroxyl groups excluding tert-OH is 1. The van der Waals surface area contributed by atoms with Crippen LogP contribution in [-0.4, -0.2) is 88.4 Å². The lowest BCUT2D eigenvalue weighted by Crippen LogP contribution is -2.39. The second kappa shape index (κ2) is 15.5. The summed E-state index contributed by atoms with van der Waals surface area (Å²) in [7, 11) is 0. The number of nitrogens with zero attached hydrogens (tertiary/aromatic N) is 5. The first-order chi connectivity index (χ1) is 23.9. The number of nitrogen functional groups attached to an aromatic ring is 1. The van der Waals surface area contributed by atoms with Gasteiger partial charge >= 0.3 is 0 Å². The van der Waals surface area contributed by atoms with Crippen LogP contribution in [0.25, 0.3) is 11.4 Å². The molecule has 1 aliphatic carbocycles. The molecule has 12 nitrogen and oxygen atoms in total. The van der Waals surface area contributed by atoms with Crippen LogP contribution in [0.3, 0.4) is 0 Å². The molecule has 0 spiro atoms. The van der Waals surface area contributed by atoms with Gasteiger partial charge in [-0.1, -0.05) is 30.3 Å². The van der Waals surface area contributed by atoms with Gasteiger partial charge in [0.25, 0.3) is 12.4 Å². The number of rotatable bonds is 10. The quantitative estimate of drug-likeness (QED) is 0.210. The number of aliphatic hydroxyl groups is 1. The Bertz CT molecular complexity index is 1800. The molecule has 1 aromatic heterocycles. The van der Waals surface area contributed by atoms with Crippen LogP contribution in [0.15, 0.2) is 54.6 Å². The fourth-order valence-corrected chi connectivity index (χ4v) is 6.32. The molecule has 1 amide bonds. The minimum Gasteiger partial charge on any atom is -0.492 e. The Hall–Kier alpha value is -4.98.